The largest absolute Gasteiger partial charge is 0.573 e. The van der Waals surface area contributed by atoms with E-state index < -0.39 is 6.36 Å². The number of nitrogens with zero attached hydrogens (tertiary/aromatic N) is 1. The Morgan fingerprint density at radius 3 is 2.35 bits per heavy atom. The van der Waals surface area contributed by atoms with Crippen LogP contribution in [0, 0.1) is 34.5 Å². The minimum atomic E-state index is -4.73. The maximum absolute atomic E-state index is 12.8. The van der Waals surface area contributed by atoms with Crippen LogP contribution in [0.5, 0.6) is 11.5 Å². The van der Waals surface area contributed by atoms with Gasteiger partial charge >= 0.3 is 6.36 Å². The van der Waals surface area contributed by atoms with E-state index >= 15 is 0 Å². The summed E-state index contributed by atoms with van der Waals surface area (Å²) >= 11 is 0. The second kappa shape index (κ2) is 8.06. The summed E-state index contributed by atoms with van der Waals surface area (Å²) in [6, 6.07) is 5.62. The van der Waals surface area contributed by atoms with Gasteiger partial charge in [-0.15, -0.1) is 13.2 Å². The number of likely N-dealkylation sites (N-methyl/N-ethyl adjacent to an activating group) is 1. The minimum Gasteiger partial charge on any atom is -0.488 e. The number of halogens is 3. The van der Waals surface area contributed by atoms with Crippen molar-refractivity contribution in [2.24, 2.45) is 34.5 Å². The van der Waals surface area contributed by atoms with E-state index in [1.54, 1.807) is 12.1 Å². The monoisotopic (exact) mass is 479 g/mol. The molecule has 0 N–H and O–H groups in total. The van der Waals surface area contributed by atoms with Crippen molar-refractivity contribution < 1.29 is 27.4 Å². The van der Waals surface area contributed by atoms with Crippen molar-refractivity contribution in [1.29, 1.82) is 0 Å². The van der Waals surface area contributed by atoms with Gasteiger partial charge in [0, 0.05) is 13.5 Å². The van der Waals surface area contributed by atoms with E-state index in [1.165, 1.54) is 44.2 Å². The molecule has 188 valence electrons. The fourth-order valence-electron chi connectivity index (χ4n) is 8.54. The zero-order valence-corrected chi connectivity index (χ0v) is 20.5. The lowest BCUT2D eigenvalue weighted by Crippen LogP contribution is -2.69. The van der Waals surface area contributed by atoms with Crippen LogP contribution in [-0.2, 0) is 4.79 Å². The Kier molecular flexibility index (Phi) is 5.64. The number of likely N-dealkylation sites (tertiary alicyclic amines) is 1. The molecule has 4 fully saturated rings. The van der Waals surface area contributed by atoms with E-state index in [2.05, 4.69) is 25.5 Å². The summed E-state index contributed by atoms with van der Waals surface area (Å²) in [5, 5.41) is 0. The second-order valence-electron chi connectivity index (χ2n) is 11.8. The van der Waals surface area contributed by atoms with Crippen LogP contribution in [0.4, 0.5) is 13.2 Å². The number of hydrogen-bond donors (Lipinski definition) is 0. The first-order chi connectivity index (χ1) is 15.9. The molecule has 1 heterocycles. The maximum Gasteiger partial charge on any atom is 0.573 e. The highest BCUT2D eigenvalue weighted by Gasteiger charge is 2.64. The van der Waals surface area contributed by atoms with Crippen LogP contribution in [0.15, 0.2) is 24.3 Å². The molecule has 3 unspecified atom stereocenters. The van der Waals surface area contributed by atoms with Crippen molar-refractivity contribution >= 4 is 5.91 Å². The fourth-order valence-corrected chi connectivity index (χ4v) is 8.54. The summed E-state index contributed by atoms with van der Waals surface area (Å²) in [5.41, 5.74) is 0.351. The van der Waals surface area contributed by atoms with Gasteiger partial charge in [0.1, 0.15) is 17.6 Å². The molecule has 1 aromatic rings. The Morgan fingerprint density at radius 1 is 1.00 bits per heavy atom. The molecule has 0 spiro atoms. The Balaban J connectivity index is 1.49. The Labute approximate surface area is 200 Å². The van der Waals surface area contributed by atoms with Crippen molar-refractivity contribution in [2.75, 3.05) is 7.05 Å². The van der Waals surface area contributed by atoms with Crippen LogP contribution in [0.3, 0.4) is 0 Å². The normalized spacial score (nSPS) is 42.0. The molecule has 0 aromatic heterocycles. The number of fused-ring (bicyclic) bond motifs is 5. The number of benzene rings is 1. The van der Waals surface area contributed by atoms with E-state index in [9.17, 15) is 18.0 Å². The third-order valence-corrected chi connectivity index (χ3v) is 10.1. The van der Waals surface area contributed by atoms with E-state index in [-0.39, 0.29) is 35.1 Å². The molecule has 3 aliphatic carbocycles. The topological polar surface area (TPSA) is 38.8 Å². The summed E-state index contributed by atoms with van der Waals surface area (Å²) < 4.78 is 48.4. The average molecular weight is 480 g/mol. The van der Waals surface area contributed by atoms with Gasteiger partial charge in [-0.3, -0.25) is 4.79 Å². The number of carbonyl (C=O) groups is 1. The summed E-state index contributed by atoms with van der Waals surface area (Å²) in [7, 11) is 1.90. The third-order valence-electron chi connectivity index (χ3n) is 10.1. The molecule has 3 saturated carbocycles. The molecule has 1 aromatic carbocycles. The SMILES string of the molecule is CC1C(Oc2ccc(OC(F)(F)F)cc2)C2N(C)C(=O)CC[C@]2(C)[C@@H]2CC[C@]3(C)CCC[C@H]3[C@H]12. The molecular formula is C27H36F3NO3. The Bertz CT molecular complexity index is 934. The van der Waals surface area contributed by atoms with Crippen molar-refractivity contribution in [2.45, 2.75) is 84.2 Å². The van der Waals surface area contributed by atoms with Gasteiger partial charge in [-0.1, -0.05) is 27.2 Å². The molecule has 34 heavy (non-hydrogen) atoms. The molecule has 5 rings (SSSR count). The molecule has 7 heteroatoms. The molecule has 0 radical (unpaired) electrons. The number of alkyl halides is 3. The van der Waals surface area contributed by atoms with Crippen molar-refractivity contribution in [3.05, 3.63) is 24.3 Å². The van der Waals surface area contributed by atoms with Crippen molar-refractivity contribution in [3.8, 4) is 11.5 Å². The first-order valence-corrected chi connectivity index (χ1v) is 12.7. The van der Waals surface area contributed by atoms with Crippen LogP contribution in [0.1, 0.15) is 65.7 Å². The van der Waals surface area contributed by atoms with Crippen molar-refractivity contribution in [1.82, 2.24) is 4.90 Å². The van der Waals surface area contributed by atoms with Gasteiger partial charge in [-0.25, -0.2) is 0 Å². The van der Waals surface area contributed by atoms with E-state index in [1.807, 2.05) is 11.9 Å². The number of hydrogen-bond acceptors (Lipinski definition) is 3. The Morgan fingerprint density at radius 2 is 1.68 bits per heavy atom. The lowest BCUT2D eigenvalue weighted by molar-refractivity contribution is -0.274. The standard InChI is InChI=1S/C27H36F3NO3/c1-16-22-19-6-5-13-25(19,2)14-11-20(22)26(3)15-12-21(32)31(4)24(26)23(16)33-17-7-9-18(10-8-17)34-27(28,29)30/h7-10,16,19-20,22-24H,5-6,11-15H2,1-4H3/t16?,19-,20+,22-,23?,24?,25-,26+/m0/s1. The third kappa shape index (κ3) is 3.78. The van der Waals surface area contributed by atoms with Gasteiger partial charge in [0.25, 0.3) is 0 Å². The quantitative estimate of drug-likeness (QED) is 0.501. The van der Waals surface area contributed by atoms with Gasteiger partial charge < -0.3 is 14.4 Å². The first kappa shape index (κ1) is 23.8. The lowest BCUT2D eigenvalue weighted by atomic mass is 9.44. The lowest BCUT2D eigenvalue weighted by Gasteiger charge is -2.65. The number of rotatable bonds is 3. The maximum atomic E-state index is 12.8. The smallest absolute Gasteiger partial charge is 0.488 e. The number of ether oxygens (including phenoxy) is 2. The summed E-state index contributed by atoms with van der Waals surface area (Å²) in [5.74, 6) is 2.39. The van der Waals surface area contributed by atoms with Crippen LogP contribution in [0.2, 0.25) is 0 Å². The Hall–Kier alpha value is -1.92. The molecule has 1 saturated heterocycles. The zero-order chi connectivity index (χ0) is 24.5. The number of amides is 1. The van der Waals surface area contributed by atoms with Gasteiger partial charge in [0.15, 0.2) is 0 Å². The number of piperidine rings is 1. The molecule has 4 nitrogen and oxygen atoms in total. The van der Waals surface area contributed by atoms with E-state index in [0.717, 1.165) is 6.42 Å². The fraction of sp³-hybridized carbons (Fsp3) is 0.741. The van der Waals surface area contributed by atoms with Gasteiger partial charge in [0.05, 0.1) is 6.04 Å². The average Bonchev–Trinajstić information content (AvgIpc) is 3.16. The number of carbonyl (C=O) groups excluding carboxylic acids is 1. The zero-order valence-electron chi connectivity index (χ0n) is 20.5. The van der Waals surface area contributed by atoms with Gasteiger partial charge in [-0.05, 0) is 90.9 Å². The highest BCUT2D eigenvalue weighted by atomic mass is 19.4. The highest BCUT2D eigenvalue weighted by Crippen LogP contribution is 2.66. The second-order valence-corrected chi connectivity index (χ2v) is 11.8. The predicted octanol–water partition coefficient (Wildman–Crippen LogP) is 6.44. The minimum absolute atomic E-state index is 0.0340. The molecular weight excluding hydrogens is 443 g/mol. The first-order valence-electron chi connectivity index (χ1n) is 12.7. The van der Waals surface area contributed by atoms with E-state index in [4.69, 9.17) is 4.74 Å². The van der Waals surface area contributed by atoms with E-state index in [0.29, 0.717) is 35.3 Å². The van der Waals surface area contributed by atoms with Crippen LogP contribution in [-0.4, -0.2) is 36.4 Å². The van der Waals surface area contributed by atoms with Crippen LogP contribution >= 0.6 is 0 Å². The summed E-state index contributed by atoms with van der Waals surface area (Å²) in [4.78, 5) is 14.7. The highest BCUT2D eigenvalue weighted by molar-refractivity contribution is 5.77. The molecule has 4 aliphatic rings. The molecule has 1 aliphatic heterocycles. The predicted molar refractivity (Wildman–Crippen MR) is 122 cm³/mol. The summed E-state index contributed by atoms with van der Waals surface area (Å²) in [6.45, 7) is 7.10. The van der Waals surface area contributed by atoms with Gasteiger partial charge in [0.2, 0.25) is 5.91 Å². The van der Waals surface area contributed by atoms with Crippen LogP contribution in [0.25, 0.3) is 0 Å². The van der Waals surface area contributed by atoms with Crippen molar-refractivity contribution in [3.63, 3.8) is 0 Å². The summed E-state index contributed by atoms with van der Waals surface area (Å²) in [6.07, 6.45) is 2.80. The van der Waals surface area contributed by atoms with Crippen LogP contribution < -0.4 is 9.47 Å². The molecule has 0 bridgehead atoms. The molecule has 1 amide bonds. The molecule has 8 atom stereocenters. The van der Waals surface area contributed by atoms with Gasteiger partial charge in [-0.2, -0.15) is 0 Å².